The predicted octanol–water partition coefficient (Wildman–Crippen LogP) is 3.35. The van der Waals surface area contributed by atoms with Crippen molar-refractivity contribution in [1.82, 2.24) is 0 Å². The molecule has 24 heavy (non-hydrogen) atoms. The molecular formula is C18H14O4S2. The van der Waals surface area contributed by atoms with Crippen molar-refractivity contribution in [1.29, 1.82) is 0 Å². The summed E-state index contributed by atoms with van der Waals surface area (Å²) >= 11 is 0. The van der Waals surface area contributed by atoms with Crippen LogP contribution in [-0.2, 0) is 19.7 Å². The smallest absolute Gasteiger partial charge is 0.206 e. The zero-order valence-electron chi connectivity index (χ0n) is 12.5. The zero-order chi connectivity index (χ0) is 17.2. The summed E-state index contributed by atoms with van der Waals surface area (Å²) in [5.41, 5.74) is 0. The Morgan fingerprint density at radius 3 is 1.12 bits per heavy atom. The molecule has 0 amide bonds. The van der Waals surface area contributed by atoms with Crippen LogP contribution in [0.25, 0.3) is 0 Å². The summed E-state index contributed by atoms with van der Waals surface area (Å²) < 4.78 is 50.6. The van der Waals surface area contributed by atoms with Crippen LogP contribution in [0.4, 0.5) is 0 Å². The Hall–Kier alpha value is -2.44. The van der Waals surface area contributed by atoms with Crippen molar-refractivity contribution in [3.63, 3.8) is 0 Å². The second kappa shape index (κ2) is 6.22. The Morgan fingerprint density at radius 2 is 0.750 bits per heavy atom. The van der Waals surface area contributed by atoms with Crippen LogP contribution in [0, 0.1) is 0 Å². The molecule has 0 radical (unpaired) electrons. The summed E-state index contributed by atoms with van der Waals surface area (Å²) in [7, 11) is -7.54. The van der Waals surface area contributed by atoms with Gasteiger partial charge < -0.3 is 0 Å². The van der Waals surface area contributed by atoms with Crippen molar-refractivity contribution in [2.24, 2.45) is 0 Å². The van der Waals surface area contributed by atoms with Gasteiger partial charge in [0.1, 0.15) is 0 Å². The van der Waals surface area contributed by atoms with Gasteiger partial charge in [0.25, 0.3) is 0 Å². The lowest BCUT2D eigenvalue weighted by atomic mass is 10.4. The lowest BCUT2D eigenvalue weighted by Gasteiger charge is -2.08. The van der Waals surface area contributed by atoms with Crippen LogP contribution in [0.2, 0.25) is 0 Å². The van der Waals surface area contributed by atoms with E-state index in [-0.39, 0.29) is 19.6 Å². The molecule has 122 valence electrons. The van der Waals surface area contributed by atoms with Gasteiger partial charge in [0.05, 0.1) is 19.6 Å². The minimum Gasteiger partial charge on any atom is -0.219 e. The number of rotatable bonds is 4. The molecule has 0 spiro atoms. The minimum atomic E-state index is -3.77. The molecule has 0 bridgehead atoms. The van der Waals surface area contributed by atoms with Crippen LogP contribution in [-0.4, -0.2) is 16.8 Å². The fraction of sp³-hybridized carbons (Fsp3) is 0. The molecule has 6 heteroatoms. The van der Waals surface area contributed by atoms with Gasteiger partial charge in [0, 0.05) is 0 Å². The summed E-state index contributed by atoms with van der Waals surface area (Å²) in [6.45, 7) is 0. The van der Waals surface area contributed by atoms with Crippen molar-refractivity contribution in [3.05, 3.63) is 84.9 Å². The Kier molecular flexibility index (Phi) is 4.26. The maximum atomic E-state index is 12.7. The first-order chi connectivity index (χ1) is 11.4. The third-order valence-electron chi connectivity index (χ3n) is 3.53. The van der Waals surface area contributed by atoms with Gasteiger partial charge in [-0.3, -0.25) is 0 Å². The van der Waals surface area contributed by atoms with Gasteiger partial charge in [-0.05, 0) is 42.5 Å². The second-order valence-electron chi connectivity index (χ2n) is 5.11. The maximum Gasteiger partial charge on any atom is 0.206 e. The number of hydrogen-bond acceptors (Lipinski definition) is 4. The zero-order valence-corrected chi connectivity index (χ0v) is 14.2. The van der Waals surface area contributed by atoms with E-state index in [1.807, 2.05) is 0 Å². The molecule has 3 rings (SSSR count). The molecule has 3 aromatic rings. The quantitative estimate of drug-likeness (QED) is 0.717. The number of benzene rings is 3. The van der Waals surface area contributed by atoms with Crippen molar-refractivity contribution in [3.8, 4) is 0 Å². The second-order valence-corrected chi connectivity index (χ2v) is 9.01. The van der Waals surface area contributed by atoms with Crippen molar-refractivity contribution in [2.45, 2.75) is 19.6 Å². The fourth-order valence-corrected chi connectivity index (χ4v) is 5.01. The summed E-state index contributed by atoms with van der Waals surface area (Å²) in [4.78, 5) is 0.148. The van der Waals surface area contributed by atoms with E-state index >= 15 is 0 Å². The topological polar surface area (TPSA) is 68.3 Å². The van der Waals surface area contributed by atoms with E-state index in [1.54, 1.807) is 36.4 Å². The van der Waals surface area contributed by atoms with Crippen LogP contribution < -0.4 is 0 Å². The normalized spacial score (nSPS) is 12.0. The Bertz CT molecular complexity index is 972. The monoisotopic (exact) mass is 358 g/mol. The highest BCUT2D eigenvalue weighted by molar-refractivity contribution is 7.92. The molecule has 0 saturated heterocycles. The summed E-state index contributed by atoms with van der Waals surface area (Å²) in [6.07, 6.45) is 0. The van der Waals surface area contributed by atoms with Crippen molar-refractivity contribution < 1.29 is 16.8 Å². The lowest BCUT2D eigenvalue weighted by molar-refractivity contribution is 0.594. The minimum absolute atomic E-state index is 0.0503. The SMILES string of the molecule is O=S(=O)(c1ccccc1)c1cccc(S(=O)(=O)c2ccccc2)c1. The summed E-state index contributed by atoms with van der Waals surface area (Å²) in [5.74, 6) is 0. The van der Waals surface area contributed by atoms with Gasteiger partial charge in [0.2, 0.25) is 19.7 Å². The summed E-state index contributed by atoms with van der Waals surface area (Å²) in [6, 6.07) is 21.3. The maximum absolute atomic E-state index is 12.7. The molecule has 0 aromatic heterocycles. The predicted molar refractivity (Wildman–Crippen MR) is 90.2 cm³/mol. The molecule has 0 saturated carbocycles. The third-order valence-corrected chi connectivity index (χ3v) is 7.07. The fourth-order valence-electron chi connectivity index (χ4n) is 2.28. The molecule has 3 aromatic carbocycles. The number of sulfone groups is 2. The average molecular weight is 358 g/mol. The van der Waals surface area contributed by atoms with E-state index < -0.39 is 19.7 Å². The van der Waals surface area contributed by atoms with Crippen LogP contribution in [0.3, 0.4) is 0 Å². The van der Waals surface area contributed by atoms with E-state index in [1.165, 1.54) is 48.5 Å². The van der Waals surface area contributed by atoms with Gasteiger partial charge >= 0.3 is 0 Å². The van der Waals surface area contributed by atoms with E-state index in [9.17, 15) is 16.8 Å². The number of hydrogen-bond donors (Lipinski definition) is 0. The van der Waals surface area contributed by atoms with Crippen molar-refractivity contribution in [2.75, 3.05) is 0 Å². The molecule has 0 aliphatic heterocycles. The van der Waals surface area contributed by atoms with Gasteiger partial charge in [-0.15, -0.1) is 0 Å². The Labute approximate surface area is 141 Å². The molecular weight excluding hydrogens is 344 g/mol. The van der Waals surface area contributed by atoms with Crippen LogP contribution in [0.15, 0.2) is 105 Å². The van der Waals surface area contributed by atoms with Crippen LogP contribution in [0.5, 0.6) is 0 Å². The van der Waals surface area contributed by atoms with Crippen LogP contribution in [0.1, 0.15) is 0 Å². The Balaban J connectivity index is 2.11. The van der Waals surface area contributed by atoms with E-state index in [2.05, 4.69) is 0 Å². The van der Waals surface area contributed by atoms with Gasteiger partial charge in [0.15, 0.2) is 0 Å². The molecule has 0 atom stereocenters. The van der Waals surface area contributed by atoms with Gasteiger partial charge in [-0.2, -0.15) is 0 Å². The standard InChI is InChI=1S/C18H14O4S2/c19-23(20,15-8-3-1-4-9-15)17-12-7-13-18(14-17)24(21,22)16-10-5-2-6-11-16/h1-14H. The third kappa shape index (κ3) is 2.98. The first-order valence-corrected chi connectivity index (χ1v) is 10.1. The van der Waals surface area contributed by atoms with Crippen molar-refractivity contribution >= 4 is 19.7 Å². The highest BCUT2D eigenvalue weighted by atomic mass is 32.2. The molecule has 0 unspecified atom stereocenters. The molecule has 4 nitrogen and oxygen atoms in total. The first kappa shape index (κ1) is 16.4. The largest absolute Gasteiger partial charge is 0.219 e. The molecule has 0 aliphatic carbocycles. The summed E-state index contributed by atoms with van der Waals surface area (Å²) in [5, 5.41) is 0. The highest BCUT2D eigenvalue weighted by Gasteiger charge is 2.22. The van der Waals surface area contributed by atoms with Gasteiger partial charge in [-0.25, -0.2) is 16.8 Å². The molecule has 0 heterocycles. The van der Waals surface area contributed by atoms with Crippen LogP contribution >= 0.6 is 0 Å². The lowest BCUT2D eigenvalue weighted by Crippen LogP contribution is -2.06. The first-order valence-electron chi connectivity index (χ1n) is 7.13. The van der Waals surface area contributed by atoms with E-state index in [0.717, 1.165) is 0 Å². The molecule has 0 fully saturated rings. The van der Waals surface area contributed by atoms with Gasteiger partial charge in [-0.1, -0.05) is 42.5 Å². The van der Waals surface area contributed by atoms with E-state index in [4.69, 9.17) is 0 Å². The van der Waals surface area contributed by atoms with E-state index in [0.29, 0.717) is 0 Å². The molecule has 0 N–H and O–H groups in total. The molecule has 0 aliphatic rings. The Morgan fingerprint density at radius 1 is 0.417 bits per heavy atom. The highest BCUT2D eigenvalue weighted by Crippen LogP contribution is 2.26. The average Bonchev–Trinajstić information content (AvgIpc) is 2.63.